The minimum atomic E-state index is -0.180. The van der Waals surface area contributed by atoms with Gasteiger partial charge in [0.15, 0.2) is 0 Å². The Kier molecular flexibility index (Phi) is 3.75. The Morgan fingerprint density at radius 1 is 1.48 bits per heavy atom. The van der Waals surface area contributed by atoms with Crippen molar-refractivity contribution in [3.05, 3.63) is 35.7 Å². The van der Waals surface area contributed by atoms with E-state index in [4.69, 9.17) is 10.5 Å². The van der Waals surface area contributed by atoms with Crippen LogP contribution >= 0.6 is 0 Å². The van der Waals surface area contributed by atoms with Gasteiger partial charge in [0.2, 0.25) is 0 Å². The van der Waals surface area contributed by atoms with E-state index in [1.54, 1.807) is 6.20 Å². The number of fused-ring (bicyclic) bond motifs is 1. The van der Waals surface area contributed by atoms with Crippen LogP contribution in [0.4, 0.5) is 5.69 Å². The topological polar surface area (TPSA) is 77.2 Å². The summed E-state index contributed by atoms with van der Waals surface area (Å²) in [5, 5.41) is 4.56. The van der Waals surface area contributed by atoms with Crippen LogP contribution in [0.1, 0.15) is 28.9 Å². The molecule has 21 heavy (non-hydrogen) atoms. The monoisotopic (exact) mass is 285 g/mol. The first-order chi connectivity index (χ1) is 10.1. The second-order valence-corrected chi connectivity index (χ2v) is 5.45. The van der Waals surface area contributed by atoms with Crippen molar-refractivity contribution in [2.45, 2.75) is 25.9 Å². The van der Waals surface area contributed by atoms with Crippen LogP contribution in [0.25, 0.3) is 10.8 Å². The number of aromatic nitrogens is 1. The second-order valence-electron chi connectivity index (χ2n) is 5.45. The highest BCUT2D eigenvalue weighted by Crippen LogP contribution is 2.24. The molecule has 1 aromatic carbocycles. The van der Waals surface area contributed by atoms with Gasteiger partial charge in [0.05, 0.1) is 6.10 Å². The number of nitrogens with zero attached hydrogens (tertiary/aromatic N) is 1. The number of aryl methyl sites for hydroxylation is 1. The van der Waals surface area contributed by atoms with Crippen LogP contribution in [0.15, 0.2) is 24.4 Å². The van der Waals surface area contributed by atoms with E-state index in [0.29, 0.717) is 17.9 Å². The molecular formula is C16H19N3O2. The summed E-state index contributed by atoms with van der Waals surface area (Å²) < 4.78 is 5.51. The highest BCUT2D eigenvalue weighted by molar-refractivity contribution is 6.08. The van der Waals surface area contributed by atoms with Crippen LogP contribution in [0.5, 0.6) is 0 Å². The number of nitrogen functional groups attached to an aromatic ring is 1. The smallest absolute Gasteiger partial charge is 0.270 e. The maximum Gasteiger partial charge on any atom is 0.270 e. The second kappa shape index (κ2) is 5.69. The van der Waals surface area contributed by atoms with Crippen LogP contribution in [-0.2, 0) is 4.74 Å². The predicted octanol–water partition coefficient (Wildman–Crippen LogP) is 2.03. The molecule has 5 heteroatoms. The number of benzene rings is 1. The molecule has 3 rings (SSSR count). The van der Waals surface area contributed by atoms with Crippen LogP contribution in [0, 0.1) is 6.92 Å². The van der Waals surface area contributed by atoms with Gasteiger partial charge in [0.1, 0.15) is 5.69 Å². The number of hydrogen-bond donors (Lipinski definition) is 2. The van der Waals surface area contributed by atoms with Crippen molar-refractivity contribution in [1.29, 1.82) is 0 Å². The third-order valence-electron chi connectivity index (χ3n) is 3.79. The molecule has 1 aliphatic heterocycles. The Bertz CT molecular complexity index is 679. The van der Waals surface area contributed by atoms with Gasteiger partial charge < -0.3 is 15.8 Å². The number of nitrogens with one attached hydrogen (secondary N) is 1. The molecule has 3 N–H and O–H groups in total. The van der Waals surface area contributed by atoms with Gasteiger partial charge in [-0.05, 0) is 43.5 Å². The number of amides is 1. The number of hydrogen-bond acceptors (Lipinski definition) is 4. The summed E-state index contributed by atoms with van der Waals surface area (Å²) in [5.41, 5.74) is 8.12. The Balaban J connectivity index is 1.87. The van der Waals surface area contributed by atoms with Gasteiger partial charge >= 0.3 is 0 Å². The van der Waals surface area contributed by atoms with Gasteiger partial charge in [-0.1, -0.05) is 0 Å². The number of pyridine rings is 1. The molecule has 0 bridgehead atoms. The average Bonchev–Trinajstić information content (AvgIpc) is 2.97. The summed E-state index contributed by atoms with van der Waals surface area (Å²) in [5.74, 6) is -0.180. The number of nitrogens with two attached hydrogens (primary N) is 1. The normalized spacial score (nSPS) is 18.0. The number of carbonyl (C=O) groups is 1. The maximum absolute atomic E-state index is 12.4. The predicted molar refractivity (Wildman–Crippen MR) is 82.2 cm³/mol. The molecule has 0 spiro atoms. The Morgan fingerprint density at radius 2 is 2.33 bits per heavy atom. The summed E-state index contributed by atoms with van der Waals surface area (Å²) in [6, 6.07) is 5.68. The highest BCUT2D eigenvalue weighted by Gasteiger charge is 2.18. The summed E-state index contributed by atoms with van der Waals surface area (Å²) in [4.78, 5) is 16.6. The molecule has 2 aromatic rings. The molecular weight excluding hydrogens is 266 g/mol. The van der Waals surface area contributed by atoms with Crippen molar-refractivity contribution < 1.29 is 9.53 Å². The molecule has 1 atom stereocenters. The highest BCUT2D eigenvalue weighted by atomic mass is 16.5. The first kappa shape index (κ1) is 13.8. The lowest BCUT2D eigenvalue weighted by Gasteiger charge is -2.12. The Hall–Kier alpha value is -2.14. The van der Waals surface area contributed by atoms with E-state index in [0.717, 1.165) is 35.8 Å². The van der Waals surface area contributed by atoms with E-state index in [-0.39, 0.29) is 12.0 Å². The third kappa shape index (κ3) is 2.83. The zero-order valence-corrected chi connectivity index (χ0v) is 12.1. The molecule has 110 valence electrons. The SMILES string of the molecule is Cc1cc(N)c2ccnc(C(=O)NCC3CCCO3)c2c1. The number of ether oxygens (including phenoxy) is 1. The molecule has 1 aromatic heterocycles. The van der Waals surface area contributed by atoms with Crippen LogP contribution in [0.2, 0.25) is 0 Å². The fourth-order valence-corrected chi connectivity index (χ4v) is 2.74. The van der Waals surface area contributed by atoms with Gasteiger partial charge in [-0.15, -0.1) is 0 Å². The summed E-state index contributed by atoms with van der Waals surface area (Å²) in [6.45, 7) is 3.26. The molecule has 1 aliphatic rings. The lowest BCUT2D eigenvalue weighted by molar-refractivity contribution is 0.0855. The zero-order valence-electron chi connectivity index (χ0n) is 12.1. The molecule has 0 saturated carbocycles. The number of carbonyl (C=O) groups excluding carboxylic acids is 1. The summed E-state index contributed by atoms with van der Waals surface area (Å²) in [7, 11) is 0. The standard InChI is InChI=1S/C16H19N3O2/c1-10-7-13-12(14(17)8-10)4-5-18-15(13)16(20)19-9-11-3-2-6-21-11/h4-5,7-8,11H,2-3,6,9,17H2,1H3,(H,19,20). The van der Waals surface area contributed by atoms with Crippen molar-refractivity contribution in [3.63, 3.8) is 0 Å². The minimum Gasteiger partial charge on any atom is -0.398 e. The third-order valence-corrected chi connectivity index (χ3v) is 3.79. The van der Waals surface area contributed by atoms with Crippen LogP contribution in [0.3, 0.4) is 0 Å². The van der Waals surface area contributed by atoms with E-state index in [2.05, 4.69) is 10.3 Å². The quantitative estimate of drug-likeness (QED) is 0.846. The van der Waals surface area contributed by atoms with Gasteiger partial charge in [-0.3, -0.25) is 9.78 Å². The molecule has 1 fully saturated rings. The Morgan fingerprint density at radius 3 is 3.10 bits per heavy atom. The van der Waals surface area contributed by atoms with Crippen LogP contribution < -0.4 is 11.1 Å². The van der Waals surface area contributed by atoms with E-state index in [1.165, 1.54) is 0 Å². The van der Waals surface area contributed by atoms with Gasteiger partial charge in [0.25, 0.3) is 5.91 Å². The summed E-state index contributed by atoms with van der Waals surface area (Å²) >= 11 is 0. The molecule has 5 nitrogen and oxygen atoms in total. The first-order valence-corrected chi connectivity index (χ1v) is 7.20. The van der Waals surface area contributed by atoms with Crippen molar-refractivity contribution in [3.8, 4) is 0 Å². The van der Waals surface area contributed by atoms with Gasteiger partial charge in [0, 0.05) is 35.8 Å². The van der Waals surface area contributed by atoms with E-state index in [9.17, 15) is 4.79 Å². The fourth-order valence-electron chi connectivity index (χ4n) is 2.74. The number of rotatable bonds is 3. The molecule has 1 unspecified atom stereocenters. The number of anilines is 1. The molecule has 2 heterocycles. The van der Waals surface area contributed by atoms with Gasteiger partial charge in [-0.2, -0.15) is 0 Å². The van der Waals surface area contributed by atoms with Crippen molar-refractivity contribution >= 4 is 22.4 Å². The largest absolute Gasteiger partial charge is 0.398 e. The Labute approximate surface area is 123 Å². The average molecular weight is 285 g/mol. The molecule has 1 amide bonds. The lowest BCUT2D eigenvalue weighted by Crippen LogP contribution is -2.32. The van der Waals surface area contributed by atoms with E-state index >= 15 is 0 Å². The van der Waals surface area contributed by atoms with Crippen LogP contribution in [-0.4, -0.2) is 30.1 Å². The molecule has 0 aliphatic carbocycles. The lowest BCUT2D eigenvalue weighted by atomic mass is 10.0. The van der Waals surface area contributed by atoms with Gasteiger partial charge in [-0.25, -0.2) is 0 Å². The summed E-state index contributed by atoms with van der Waals surface area (Å²) in [6.07, 6.45) is 3.79. The minimum absolute atomic E-state index is 0.121. The zero-order chi connectivity index (χ0) is 14.8. The first-order valence-electron chi connectivity index (χ1n) is 7.20. The van der Waals surface area contributed by atoms with Crippen molar-refractivity contribution in [2.75, 3.05) is 18.9 Å². The van der Waals surface area contributed by atoms with E-state index in [1.807, 2.05) is 25.1 Å². The molecule has 0 radical (unpaired) electrons. The van der Waals surface area contributed by atoms with Crippen molar-refractivity contribution in [2.24, 2.45) is 0 Å². The fraction of sp³-hybridized carbons (Fsp3) is 0.375. The molecule has 1 saturated heterocycles. The van der Waals surface area contributed by atoms with Crippen molar-refractivity contribution in [1.82, 2.24) is 10.3 Å². The maximum atomic E-state index is 12.4. The van der Waals surface area contributed by atoms with E-state index < -0.39 is 0 Å².